The Morgan fingerprint density at radius 2 is 1.64 bits per heavy atom. The van der Waals surface area contributed by atoms with Crippen LogP contribution in [-0.2, 0) is 33.5 Å². The van der Waals surface area contributed by atoms with E-state index >= 15 is 4.79 Å². The van der Waals surface area contributed by atoms with E-state index in [4.69, 9.17) is 28.2 Å². The van der Waals surface area contributed by atoms with E-state index in [0.29, 0.717) is 47.8 Å². The molecule has 0 aliphatic heterocycles. The third-order valence-corrected chi connectivity index (χ3v) is 12.4. The number of benzene rings is 2. The summed E-state index contributed by atoms with van der Waals surface area (Å²) in [7, 11) is 4.72. The molecule has 0 amide bonds. The van der Waals surface area contributed by atoms with E-state index in [1.165, 1.54) is 19.8 Å². The first-order valence-corrected chi connectivity index (χ1v) is 18.1. The van der Waals surface area contributed by atoms with Crippen LogP contribution in [0.15, 0.2) is 22.2 Å². The van der Waals surface area contributed by atoms with Gasteiger partial charge in [0, 0.05) is 54.6 Å². The number of fused-ring (bicyclic) bond motifs is 5. The molecule has 4 aliphatic carbocycles. The largest absolute Gasteiger partial charge is 0.506 e. The smallest absolute Gasteiger partial charge is 0.265 e. The number of phenolic OH excluding ortho intramolecular Hbond substituents is 1. The molecule has 1 unspecified atom stereocenters. The first kappa shape index (κ1) is 34.6. The number of aromatic hydroxyl groups is 1. The summed E-state index contributed by atoms with van der Waals surface area (Å²) in [5, 5.41) is 18.0. The second-order valence-corrected chi connectivity index (χ2v) is 14.7. The van der Waals surface area contributed by atoms with Crippen molar-refractivity contribution in [3.63, 3.8) is 0 Å². The molecule has 1 N–H and O–H groups in total. The van der Waals surface area contributed by atoms with Crippen molar-refractivity contribution in [2.24, 2.45) is 17.3 Å². The highest BCUT2D eigenvalue weighted by Crippen LogP contribution is 2.66. The van der Waals surface area contributed by atoms with Gasteiger partial charge in [0.15, 0.2) is 23.1 Å². The summed E-state index contributed by atoms with van der Waals surface area (Å²) in [6.07, 6.45) is 8.27. The Morgan fingerprint density at radius 1 is 0.960 bits per heavy atom. The Kier molecular flexibility index (Phi) is 8.57. The lowest BCUT2D eigenvalue weighted by Gasteiger charge is -2.52. The minimum Gasteiger partial charge on any atom is -0.506 e. The van der Waals surface area contributed by atoms with Crippen LogP contribution in [0.4, 0.5) is 0 Å². The van der Waals surface area contributed by atoms with Gasteiger partial charge >= 0.3 is 0 Å². The monoisotopic (exact) mass is 687 g/mol. The molecule has 268 valence electrons. The lowest BCUT2D eigenvalue weighted by Crippen LogP contribution is -2.61. The van der Waals surface area contributed by atoms with Gasteiger partial charge in [-0.15, -0.1) is 0 Å². The Hall–Kier alpha value is -3.89. The SMILES string of the molecule is CCCCOc1noc2c1C(=O)[C@@]1(C)C(=O)c3c(c4c5c(c(OC)cc(OCCCC)c5c3O)[C@]3(C4)C(C)=CCCC3C)C(OC)(OC)[C@H]1C2. The Labute approximate surface area is 293 Å². The normalized spacial score (nSPS) is 26.1. The van der Waals surface area contributed by atoms with Crippen molar-refractivity contribution in [1.82, 2.24) is 5.16 Å². The lowest BCUT2D eigenvalue weighted by molar-refractivity contribution is -0.266. The number of ether oxygens (including phenoxy) is 5. The number of carbonyl (C=O) groups is 2. The van der Waals surface area contributed by atoms with Crippen LogP contribution in [0, 0.1) is 17.3 Å². The van der Waals surface area contributed by atoms with Crippen molar-refractivity contribution in [2.75, 3.05) is 34.5 Å². The van der Waals surface area contributed by atoms with Gasteiger partial charge in [-0.05, 0) is 62.6 Å². The number of methoxy groups -OCH3 is 3. The summed E-state index contributed by atoms with van der Waals surface area (Å²) in [6, 6.07) is 1.86. The Morgan fingerprint density at radius 3 is 2.28 bits per heavy atom. The summed E-state index contributed by atoms with van der Waals surface area (Å²) in [4.78, 5) is 30.1. The van der Waals surface area contributed by atoms with Crippen LogP contribution < -0.4 is 14.2 Å². The van der Waals surface area contributed by atoms with E-state index in [0.717, 1.165) is 55.0 Å². The lowest BCUT2D eigenvalue weighted by atomic mass is 9.54. The van der Waals surface area contributed by atoms with Gasteiger partial charge < -0.3 is 33.3 Å². The molecule has 3 aromatic rings. The molecule has 4 aliphatic rings. The molecule has 4 atom stereocenters. The Balaban J connectivity index is 1.56. The first-order chi connectivity index (χ1) is 24.0. The molecule has 1 spiro atoms. The van der Waals surface area contributed by atoms with Crippen molar-refractivity contribution in [2.45, 2.75) is 97.2 Å². The average Bonchev–Trinajstić information content (AvgIpc) is 3.68. The van der Waals surface area contributed by atoms with Gasteiger partial charge in [-0.25, -0.2) is 0 Å². The first-order valence-electron chi connectivity index (χ1n) is 18.1. The minimum atomic E-state index is -1.71. The van der Waals surface area contributed by atoms with E-state index in [9.17, 15) is 9.90 Å². The van der Waals surface area contributed by atoms with Crippen molar-refractivity contribution in [3.05, 3.63) is 51.3 Å². The zero-order valence-corrected chi connectivity index (χ0v) is 30.5. The molecule has 50 heavy (non-hydrogen) atoms. The highest BCUT2D eigenvalue weighted by molar-refractivity contribution is 6.25. The molecule has 1 heterocycles. The maximum atomic E-state index is 15.3. The van der Waals surface area contributed by atoms with Gasteiger partial charge in [-0.3, -0.25) is 9.59 Å². The number of unbranched alkanes of at least 4 members (excludes halogenated alkanes) is 2. The van der Waals surface area contributed by atoms with E-state index in [1.807, 2.05) is 13.0 Å². The van der Waals surface area contributed by atoms with Crippen LogP contribution in [-0.4, -0.2) is 56.4 Å². The molecule has 1 aromatic heterocycles. The zero-order valence-electron chi connectivity index (χ0n) is 30.5. The molecule has 0 fully saturated rings. The molecular weight excluding hydrogens is 638 g/mol. The highest BCUT2D eigenvalue weighted by Gasteiger charge is 2.68. The van der Waals surface area contributed by atoms with Crippen LogP contribution in [0.3, 0.4) is 0 Å². The van der Waals surface area contributed by atoms with Gasteiger partial charge in [-0.2, -0.15) is 0 Å². The molecule has 0 saturated carbocycles. The zero-order chi connectivity index (χ0) is 35.7. The fraction of sp³-hybridized carbons (Fsp3) is 0.575. The van der Waals surface area contributed by atoms with E-state index in [2.05, 4.69) is 32.0 Å². The summed E-state index contributed by atoms with van der Waals surface area (Å²) < 4.78 is 37.1. The van der Waals surface area contributed by atoms with E-state index in [-0.39, 0.29) is 35.1 Å². The number of Topliss-reactive ketones (excluding diaryl/α,β-unsaturated/α-hetero) is 2. The molecule has 0 saturated heterocycles. The van der Waals surface area contributed by atoms with Crippen LogP contribution in [0.1, 0.15) is 116 Å². The van der Waals surface area contributed by atoms with Gasteiger partial charge in [0.25, 0.3) is 5.88 Å². The number of rotatable bonds is 11. The quantitative estimate of drug-likeness (QED) is 0.0925. The van der Waals surface area contributed by atoms with E-state index < -0.39 is 34.1 Å². The van der Waals surface area contributed by atoms with Gasteiger partial charge in [-0.1, -0.05) is 45.3 Å². The third-order valence-electron chi connectivity index (χ3n) is 12.4. The molecule has 0 bridgehead atoms. The number of allylic oxidation sites excluding steroid dienone is 2. The maximum Gasteiger partial charge on any atom is 0.265 e. The van der Waals surface area contributed by atoms with Crippen LogP contribution in [0.25, 0.3) is 10.8 Å². The Bertz CT molecular complexity index is 1920. The number of hydrogen-bond donors (Lipinski definition) is 1. The summed E-state index contributed by atoms with van der Waals surface area (Å²) in [5.74, 6) is -1.99. The highest BCUT2D eigenvalue weighted by atomic mass is 16.7. The minimum absolute atomic E-state index is 0.0234. The van der Waals surface area contributed by atoms with Gasteiger partial charge in [0.2, 0.25) is 0 Å². The number of aromatic nitrogens is 1. The van der Waals surface area contributed by atoms with Crippen molar-refractivity contribution < 1.29 is 42.9 Å². The predicted octanol–water partition coefficient (Wildman–Crippen LogP) is 7.77. The number of ketones is 2. The van der Waals surface area contributed by atoms with Crippen LogP contribution in [0.5, 0.6) is 23.1 Å². The van der Waals surface area contributed by atoms with Crippen molar-refractivity contribution in [3.8, 4) is 23.1 Å². The summed E-state index contributed by atoms with van der Waals surface area (Å²) >= 11 is 0. The molecular formula is C40H49NO9. The fourth-order valence-corrected chi connectivity index (χ4v) is 9.68. The standard InChI is InChI=1S/C40H49NO9/c1-9-11-16-48-24-18-26(45-6)33-28-23(20-39(33)21(3)14-13-15-22(39)4)32-31(34(42)29(24)28)36(44)38(5)27(40(32,46-7)47-8)19-25-30(35(38)43)37(41-50-25)49-17-12-10-2/h14,18,22,27,42H,9-13,15-17,19-20H2,1-8H3/t22?,27-,38-,39+/m0/s1. The van der Waals surface area contributed by atoms with Crippen LogP contribution in [0.2, 0.25) is 0 Å². The third kappa shape index (κ3) is 4.30. The van der Waals surface area contributed by atoms with Crippen molar-refractivity contribution >= 4 is 22.3 Å². The van der Waals surface area contributed by atoms with Crippen LogP contribution >= 0.6 is 0 Å². The van der Waals surface area contributed by atoms with E-state index in [1.54, 1.807) is 14.0 Å². The summed E-state index contributed by atoms with van der Waals surface area (Å²) in [5.41, 5.74) is 1.47. The average molecular weight is 688 g/mol. The molecule has 7 rings (SSSR count). The summed E-state index contributed by atoms with van der Waals surface area (Å²) in [6.45, 7) is 11.0. The van der Waals surface area contributed by atoms with Gasteiger partial charge in [0.05, 0.1) is 31.3 Å². The molecule has 2 aromatic carbocycles. The fourth-order valence-electron chi connectivity index (χ4n) is 9.68. The number of phenols is 1. The van der Waals surface area contributed by atoms with Gasteiger partial charge in [0.1, 0.15) is 28.2 Å². The maximum absolute atomic E-state index is 15.3. The molecule has 10 heteroatoms. The molecule has 10 nitrogen and oxygen atoms in total. The second kappa shape index (κ2) is 12.4. The topological polar surface area (TPSA) is 127 Å². The second-order valence-electron chi connectivity index (χ2n) is 14.7. The van der Waals surface area contributed by atoms with Crippen molar-refractivity contribution in [1.29, 1.82) is 0 Å². The predicted molar refractivity (Wildman–Crippen MR) is 187 cm³/mol. The number of hydrogen-bond acceptors (Lipinski definition) is 10. The number of nitrogens with zero attached hydrogens (tertiary/aromatic N) is 1. The molecule has 0 radical (unpaired) electrons. The number of carbonyl (C=O) groups excluding carboxylic acids is 2.